The van der Waals surface area contributed by atoms with E-state index in [2.05, 4.69) is 22.2 Å². The average Bonchev–Trinajstić information content (AvgIpc) is 2.35. The van der Waals surface area contributed by atoms with Crippen molar-refractivity contribution in [3.63, 3.8) is 0 Å². The van der Waals surface area contributed by atoms with Crippen molar-refractivity contribution >= 4 is 17.5 Å². The van der Waals surface area contributed by atoms with Crippen LogP contribution in [-0.4, -0.2) is 42.2 Å². The molecule has 0 aromatic carbocycles. The predicted octanol–water partition coefficient (Wildman–Crippen LogP) is 2.24. The number of aromatic nitrogens is 2. The third-order valence-corrected chi connectivity index (χ3v) is 2.54. The monoisotopic (exact) mass is 273 g/mol. The minimum Gasteiger partial charge on any atom is -0.478 e. The lowest BCUT2D eigenvalue weighted by atomic mass is 10.3. The maximum atomic E-state index is 5.83. The Labute approximate surface area is 113 Å². The molecule has 0 aliphatic carbocycles. The molecule has 0 amide bonds. The van der Waals surface area contributed by atoms with Crippen molar-refractivity contribution < 1.29 is 9.47 Å². The minimum absolute atomic E-state index is 0.0162. The molecular formula is C12H20ClN3O2. The Morgan fingerprint density at radius 1 is 1.44 bits per heavy atom. The lowest BCUT2D eigenvalue weighted by molar-refractivity contribution is 0.191. The second kappa shape index (κ2) is 8.11. The van der Waals surface area contributed by atoms with E-state index in [1.54, 1.807) is 7.11 Å². The summed E-state index contributed by atoms with van der Waals surface area (Å²) in [4.78, 5) is 8.58. The summed E-state index contributed by atoms with van der Waals surface area (Å²) in [5.74, 6) is 1.53. The third kappa shape index (κ3) is 5.06. The maximum absolute atomic E-state index is 5.83. The highest BCUT2D eigenvalue weighted by atomic mass is 35.5. The van der Waals surface area contributed by atoms with Gasteiger partial charge in [0.05, 0.1) is 19.3 Å². The van der Waals surface area contributed by atoms with Gasteiger partial charge in [-0.1, -0.05) is 6.92 Å². The van der Waals surface area contributed by atoms with Crippen LogP contribution in [0.25, 0.3) is 0 Å². The zero-order valence-corrected chi connectivity index (χ0v) is 11.8. The number of rotatable bonds is 8. The van der Waals surface area contributed by atoms with Gasteiger partial charge in [-0.2, -0.15) is 4.98 Å². The third-order valence-electron chi connectivity index (χ3n) is 2.17. The maximum Gasteiger partial charge on any atom is 0.226 e. The molecule has 1 aromatic rings. The summed E-state index contributed by atoms with van der Waals surface area (Å²) >= 11 is 5.83. The summed E-state index contributed by atoms with van der Waals surface area (Å²) in [5.41, 5.74) is 0.851. The summed E-state index contributed by atoms with van der Waals surface area (Å²) < 4.78 is 10.6. The zero-order chi connectivity index (χ0) is 13.4. The molecule has 1 unspecified atom stereocenters. The molecule has 0 bridgehead atoms. The van der Waals surface area contributed by atoms with Gasteiger partial charge in [0.25, 0.3) is 0 Å². The first kappa shape index (κ1) is 15.0. The highest BCUT2D eigenvalue weighted by Crippen LogP contribution is 2.13. The van der Waals surface area contributed by atoms with E-state index in [1.165, 1.54) is 0 Å². The number of aryl methyl sites for hydroxylation is 1. The predicted molar refractivity (Wildman–Crippen MR) is 72.6 cm³/mol. The summed E-state index contributed by atoms with van der Waals surface area (Å²) in [6, 6.07) is 1.80. The van der Waals surface area contributed by atoms with Gasteiger partial charge in [0, 0.05) is 24.8 Å². The fourth-order valence-electron chi connectivity index (χ4n) is 1.39. The number of hydrogen-bond acceptors (Lipinski definition) is 5. The van der Waals surface area contributed by atoms with Crippen LogP contribution < -0.4 is 10.1 Å². The van der Waals surface area contributed by atoms with E-state index in [9.17, 15) is 0 Å². The van der Waals surface area contributed by atoms with Gasteiger partial charge >= 0.3 is 0 Å². The first-order chi connectivity index (χ1) is 8.69. The molecule has 1 aromatic heterocycles. The Morgan fingerprint density at radius 3 is 2.83 bits per heavy atom. The number of ether oxygens (including phenoxy) is 2. The van der Waals surface area contributed by atoms with E-state index in [-0.39, 0.29) is 6.04 Å². The smallest absolute Gasteiger partial charge is 0.226 e. The normalized spacial score (nSPS) is 12.2. The fraction of sp³-hybridized carbons (Fsp3) is 0.667. The number of anilines is 1. The van der Waals surface area contributed by atoms with Gasteiger partial charge in [0.1, 0.15) is 0 Å². The fourth-order valence-corrected chi connectivity index (χ4v) is 1.56. The van der Waals surface area contributed by atoms with Crippen molar-refractivity contribution in [2.24, 2.45) is 0 Å². The van der Waals surface area contributed by atoms with E-state index >= 15 is 0 Å². The Morgan fingerprint density at radius 2 is 2.22 bits per heavy atom. The van der Waals surface area contributed by atoms with E-state index in [0.717, 1.165) is 12.1 Å². The average molecular weight is 274 g/mol. The molecule has 0 saturated carbocycles. The molecule has 0 aliphatic rings. The Kier molecular flexibility index (Phi) is 6.75. The first-order valence-electron chi connectivity index (χ1n) is 5.99. The van der Waals surface area contributed by atoms with Gasteiger partial charge < -0.3 is 14.8 Å². The van der Waals surface area contributed by atoms with Crippen molar-refractivity contribution in [3.05, 3.63) is 11.8 Å². The molecule has 5 nitrogen and oxygen atoms in total. The van der Waals surface area contributed by atoms with Gasteiger partial charge in [-0.15, -0.1) is 11.6 Å². The van der Waals surface area contributed by atoms with Gasteiger partial charge in [0.2, 0.25) is 11.8 Å². The van der Waals surface area contributed by atoms with E-state index < -0.39 is 0 Å². The summed E-state index contributed by atoms with van der Waals surface area (Å²) in [6.07, 6.45) is 0.944. The van der Waals surface area contributed by atoms with Crippen LogP contribution in [0.4, 0.5) is 5.95 Å². The molecule has 1 heterocycles. The van der Waals surface area contributed by atoms with Crippen molar-refractivity contribution in [1.29, 1.82) is 0 Å². The molecule has 0 fully saturated rings. The molecule has 102 valence electrons. The van der Waals surface area contributed by atoms with Crippen LogP contribution >= 0.6 is 11.6 Å². The quantitative estimate of drug-likeness (QED) is 0.736. The highest BCUT2D eigenvalue weighted by molar-refractivity contribution is 6.18. The molecule has 1 N–H and O–H groups in total. The summed E-state index contributed by atoms with van der Waals surface area (Å²) in [5, 5.41) is 3.13. The zero-order valence-electron chi connectivity index (χ0n) is 11.1. The first-order valence-corrected chi connectivity index (χ1v) is 6.53. The second-order valence-electron chi connectivity index (χ2n) is 3.97. The number of nitrogens with zero attached hydrogens (tertiary/aromatic N) is 2. The number of nitrogens with one attached hydrogen (secondary N) is 1. The second-order valence-corrected chi connectivity index (χ2v) is 4.28. The largest absolute Gasteiger partial charge is 0.478 e. The standard InChI is InChI=1S/C12H20ClN3O2/c1-4-5-18-11-6-9(2)14-12(16-11)15-10(7-13)8-17-3/h6,10H,4-5,7-8H2,1-3H3,(H,14,15,16). The topological polar surface area (TPSA) is 56.3 Å². The Balaban J connectivity index is 2.71. The Bertz CT molecular complexity index is 363. The Hall–Kier alpha value is -1.07. The van der Waals surface area contributed by atoms with Crippen LogP contribution in [-0.2, 0) is 4.74 Å². The highest BCUT2D eigenvalue weighted by Gasteiger charge is 2.10. The minimum atomic E-state index is -0.0162. The molecule has 6 heteroatoms. The number of hydrogen-bond donors (Lipinski definition) is 1. The SMILES string of the molecule is CCCOc1cc(C)nc(NC(CCl)COC)n1. The summed E-state index contributed by atoms with van der Waals surface area (Å²) in [7, 11) is 1.63. The number of alkyl halides is 1. The van der Waals surface area contributed by atoms with Crippen molar-refractivity contribution in [1.82, 2.24) is 9.97 Å². The van der Waals surface area contributed by atoms with Crippen molar-refractivity contribution in [2.45, 2.75) is 26.3 Å². The van der Waals surface area contributed by atoms with Crippen molar-refractivity contribution in [3.8, 4) is 5.88 Å². The van der Waals surface area contributed by atoms with E-state index in [1.807, 2.05) is 13.0 Å². The van der Waals surface area contributed by atoms with Crippen LogP contribution in [0.3, 0.4) is 0 Å². The number of halogens is 1. The lowest BCUT2D eigenvalue weighted by Crippen LogP contribution is -2.27. The van der Waals surface area contributed by atoms with Crippen LogP contribution in [0.2, 0.25) is 0 Å². The van der Waals surface area contributed by atoms with Gasteiger partial charge in [0.15, 0.2) is 0 Å². The lowest BCUT2D eigenvalue weighted by Gasteiger charge is -2.15. The molecule has 1 rings (SSSR count). The molecule has 18 heavy (non-hydrogen) atoms. The van der Waals surface area contributed by atoms with Crippen LogP contribution in [0.5, 0.6) is 5.88 Å². The van der Waals surface area contributed by atoms with Gasteiger partial charge in [-0.25, -0.2) is 4.98 Å². The van der Waals surface area contributed by atoms with E-state index in [4.69, 9.17) is 21.1 Å². The number of methoxy groups -OCH3 is 1. The summed E-state index contributed by atoms with van der Waals surface area (Å²) in [6.45, 7) is 5.10. The van der Waals surface area contributed by atoms with Gasteiger partial charge in [-0.05, 0) is 13.3 Å². The van der Waals surface area contributed by atoms with E-state index in [0.29, 0.717) is 30.9 Å². The van der Waals surface area contributed by atoms with Crippen molar-refractivity contribution in [2.75, 3.05) is 31.5 Å². The molecule has 0 aliphatic heterocycles. The molecule has 1 atom stereocenters. The van der Waals surface area contributed by atoms with Gasteiger partial charge in [-0.3, -0.25) is 0 Å². The van der Waals surface area contributed by atoms with Crippen LogP contribution in [0.15, 0.2) is 6.07 Å². The molecular weight excluding hydrogens is 254 g/mol. The molecule has 0 saturated heterocycles. The van der Waals surface area contributed by atoms with Crippen LogP contribution in [0, 0.1) is 6.92 Å². The molecule has 0 radical (unpaired) electrons. The molecule has 0 spiro atoms. The van der Waals surface area contributed by atoms with Crippen LogP contribution in [0.1, 0.15) is 19.0 Å².